The zero-order valence-electron chi connectivity index (χ0n) is 6.84. The number of nitrogens with one attached hydrogen (secondary N) is 1. The summed E-state index contributed by atoms with van der Waals surface area (Å²) >= 11 is 0. The smallest absolute Gasteiger partial charge is 0.211 e. The third-order valence-electron chi connectivity index (χ3n) is 2.32. The third kappa shape index (κ3) is 1.09. The van der Waals surface area contributed by atoms with Gasteiger partial charge in [0.05, 0.1) is 0 Å². The molecule has 2 heteroatoms. The number of hydrogen-bond acceptors (Lipinski definition) is 1. The lowest BCUT2D eigenvalue weighted by Gasteiger charge is -2.13. The minimum absolute atomic E-state index is 0.761. The molecule has 0 atom stereocenters. The van der Waals surface area contributed by atoms with Crippen LogP contribution in [0.3, 0.4) is 0 Å². The fraction of sp³-hybridized carbons (Fsp3) is 0.300. The van der Waals surface area contributed by atoms with Gasteiger partial charge in [-0.15, -0.1) is 0 Å². The minimum Gasteiger partial charge on any atom is -0.332 e. The van der Waals surface area contributed by atoms with Crippen molar-refractivity contribution in [2.24, 2.45) is 0 Å². The van der Waals surface area contributed by atoms with E-state index in [1.807, 2.05) is 0 Å². The number of carbonyl (C=O) groups excluding carboxylic acids is 1. The number of hydrogen-bond donors (Lipinski definition) is 1. The molecule has 2 aliphatic carbocycles. The highest BCUT2D eigenvalue weighted by atomic mass is 16.1. The highest BCUT2D eigenvalue weighted by Crippen LogP contribution is 2.32. The van der Waals surface area contributed by atoms with E-state index in [4.69, 9.17) is 0 Å². The quantitative estimate of drug-likeness (QED) is 0.613. The van der Waals surface area contributed by atoms with Crippen molar-refractivity contribution < 1.29 is 4.79 Å². The molecule has 0 heterocycles. The molecule has 62 valence electrons. The monoisotopic (exact) mass is 161 g/mol. The van der Waals surface area contributed by atoms with Gasteiger partial charge >= 0.3 is 0 Å². The molecule has 2 nitrogen and oxygen atoms in total. The Balaban J connectivity index is 2.31. The molecule has 0 spiro atoms. The lowest BCUT2D eigenvalue weighted by Crippen LogP contribution is -2.14. The van der Waals surface area contributed by atoms with Gasteiger partial charge in [-0.05, 0) is 24.0 Å². The zero-order valence-corrected chi connectivity index (χ0v) is 6.84. The summed E-state index contributed by atoms with van der Waals surface area (Å²) in [7, 11) is 0. The first kappa shape index (κ1) is 7.35. The van der Waals surface area contributed by atoms with Crippen LogP contribution < -0.4 is 5.32 Å². The maximum atomic E-state index is 10.3. The Morgan fingerprint density at radius 2 is 2.42 bits per heavy atom. The average molecular weight is 161 g/mol. The Morgan fingerprint density at radius 1 is 1.50 bits per heavy atom. The van der Waals surface area contributed by atoms with E-state index in [-0.39, 0.29) is 0 Å². The highest BCUT2D eigenvalue weighted by molar-refractivity contribution is 5.56. The van der Waals surface area contributed by atoms with Crippen molar-refractivity contribution >= 4 is 6.41 Å². The first-order valence-electron chi connectivity index (χ1n) is 4.21. The predicted molar refractivity (Wildman–Crippen MR) is 47.3 cm³/mol. The second-order valence-electron chi connectivity index (χ2n) is 3.02. The van der Waals surface area contributed by atoms with Crippen molar-refractivity contribution in [3.63, 3.8) is 0 Å². The topological polar surface area (TPSA) is 29.1 Å². The molecule has 0 aromatic heterocycles. The summed E-state index contributed by atoms with van der Waals surface area (Å²) in [5.74, 6) is 0. The molecule has 2 aliphatic rings. The Hall–Kier alpha value is -1.31. The first-order chi connectivity index (χ1) is 5.92. The van der Waals surface area contributed by atoms with Gasteiger partial charge in [-0.25, -0.2) is 0 Å². The van der Waals surface area contributed by atoms with E-state index in [1.165, 1.54) is 11.1 Å². The molecule has 0 aliphatic heterocycles. The average Bonchev–Trinajstić information content (AvgIpc) is 2.53. The number of allylic oxidation sites excluding steroid dienone is 5. The zero-order chi connectivity index (χ0) is 8.39. The molecule has 12 heavy (non-hydrogen) atoms. The molecule has 0 unspecified atom stereocenters. The molecule has 1 N–H and O–H groups in total. The molecule has 1 amide bonds. The normalized spacial score (nSPS) is 20.5. The van der Waals surface area contributed by atoms with Crippen LogP contribution in [0.15, 0.2) is 35.1 Å². The van der Waals surface area contributed by atoms with E-state index >= 15 is 0 Å². The Kier molecular flexibility index (Phi) is 1.82. The van der Waals surface area contributed by atoms with E-state index in [1.54, 1.807) is 0 Å². The van der Waals surface area contributed by atoms with Gasteiger partial charge in [0, 0.05) is 12.1 Å². The second-order valence-corrected chi connectivity index (χ2v) is 3.02. The second kappa shape index (κ2) is 2.97. The standard InChI is InChI=1S/C10H11NO/c12-7-11-10-6-2-4-8-3-1-5-9(8)10/h2-4,7H,1,5-6H2,(H,11,12). The van der Waals surface area contributed by atoms with Crippen molar-refractivity contribution in [2.75, 3.05) is 0 Å². The fourth-order valence-corrected chi connectivity index (χ4v) is 1.78. The largest absolute Gasteiger partial charge is 0.332 e. The Labute approximate surface area is 71.7 Å². The maximum Gasteiger partial charge on any atom is 0.211 e. The van der Waals surface area contributed by atoms with Gasteiger partial charge in [0.25, 0.3) is 0 Å². The molecule has 0 aromatic carbocycles. The molecular formula is C10H11NO. The van der Waals surface area contributed by atoms with Crippen LogP contribution in [0.5, 0.6) is 0 Å². The summed E-state index contributed by atoms with van der Waals surface area (Å²) < 4.78 is 0. The van der Waals surface area contributed by atoms with E-state index in [0.717, 1.165) is 31.4 Å². The fourth-order valence-electron chi connectivity index (χ4n) is 1.78. The molecule has 0 aromatic rings. The van der Waals surface area contributed by atoms with E-state index in [0.29, 0.717) is 0 Å². The van der Waals surface area contributed by atoms with E-state index in [2.05, 4.69) is 23.5 Å². The van der Waals surface area contributed by atoms with Crippen LogP contribution >= 0.6 is 0 Å². The van der Waals surface area contributed by atoms with Crippen LogP contribution in [-0.4, -0.2) is 6.41 Å². The van der Waals surface area contributed by atoms with E-state index in [9.17, 15) is 4.79 Å². The first-order valence-corrected chi connectivity index (χ1v) is 4.21. The lowest BCUT2D eigenvalue weighted by molar-refractivity contribution is -0.109. The van der Waals surface area contributed by atoms with Crippen LogP contribution in [0.4, 0.5) is 0 Å². The van der Waals surface area contributed by atoms with Gasteiger partial charge in [0.15, 0.2) is 0 Å². The van der Waals surface area contributed by atoms with Crippen LogP contribution in [-0.2, 0) is 4.79 Å². The predicted octanol–water partition coefficient (Wildman–Crippen LogP) is 1.67. The SMILES string of the molecule is O=CNC1=C2CCC=C2C=CC1. The Bertz CT molecular complexity index is 293. The summed E-state index contributed by atoms with van der Waals surface area (Å²) in [6.45, 7) is 0. The Morgan fingerprint density at radius 3 is 3.25 bits per heavy atom. The minimum atomic E-state index is 0.761. The summed E-state index contributed by atoms with van der Waals surface area (Å²) in [5.41, 5.74) is 3.70. The molecular weight excluding hydrogens is 150 g/mol. The van der Waals surface area contributed by atoms with Crippen molar-refractivity contribution in [1.29, 1.82) is 0 Å². The van der Waals surface area contributed by atoms with Gasteiger partial charge in [-0.2, -0.15) is 0 Å². The van der Waals surface area contributed by atoms with Gasteiger partial charge < -0.3 is 5.32 Å². The molecule has 0 saturated carbocycles. The number of amides is 1. The molecule has 2 rings (SSSR count). The molecule has 0 saturated heterocycles. The number of rotatable bonds is 2. The van der Waals surface area contributed by atoms with Gasteiger partial charge in [0.2, 0.25) is 6.41 Å². The summed E-state index contributed by atoms with van der Waals surface area (Å²) in [5, 5.41) is 2.76. The summed E-state index contributed by atoms with van der Waals surface area (Å²) in [4.78, 5) is 10.3. The molecule has 0 bridgehead atoms. The summed E-state index contributed by atoms with van der Waals surface area (Å²) in [6.07, 6.45) is 10.3. The number of carbonyl (C=O) groups is 1. The third-order valence-corrected chi connectivity index (χ3v) is 2.32. The van der Waals surface area contributed by atoms with Gasteiger partial charge in [-0.3, -0.25) is 4.79 Å². The van der Waals surface area contributed by atoms with Crippen molar-refractivity contribution in [3.05, 3.63) is 35.1 Å². The highest BCUT2D eigenvalue weighted by Gasteiger charge is 2.16. The molecule has 0 radical (unpaired) electrons. The van der Waals surface area contributed by atoms with Crippen LogP contribution in [0.25, 0.3) is 0 Å². The van der Waals surface area contributed by atoms with Gasteiger partial charge in [0.1, 0.15) is 0 Å². The van der Waals surface area contributed by atoms with Crippen molar-refractivity contribution in [1.82, 2.24) is 5.32 Å². The van der Waals surface area contributed by atoms with Crippen molar-refractivity contribution in [2.45, 2.75) is 19.3 Å². The van der Waals surface area contributed by atoms with E-state index < -0.39 is 0 Å². The van der Waals surface area contributed by atoms with Crippen molar-refractivity contribution in [3.8, 4) is 0 Å². The van der Waals surface area contributed by atoms with Crippen LogP contribution in [0.2, 0.25) is 0 Å². The summed E-state index contributed by atoms with van der Waals surface area (Å²) in [6, 6.07) is 0. The van der Waals surface area contributed by atoms with Gasteiger partial charge in [-0.1, -0.05) is 18.2 Å². The number of fused-ring (bicyclic) bond motifs is 1. The molecule has 0 fully saturated rings. The van der Waals surface area contributed by atoms with Crippen LogP contribution in [0, 0.1) is 0 Å². The maximum absolute atomic E-state index is 10.3. The lowest BCUT2D eigenvalue weighted by atomic mass is 9.99. The van der Waals surface area contributed by atoms with Crippen LogP contribution in [0.1, 0.15) is 19.3 Å².